The lowest BCUT2D eigenvalue weighted by molar-refractivity contribution is -0.149. The Morgan fingerprint density at radius 1 is 1.25 bits per heavy atom. The molecule has 20 heavy (non-hydrogen) atoms. The number of ether oxygens (including phenoxy) is 2. The summed E-state index contributed by atoms with van der Waals surface area (Å²) in [4.78, 5) is 12.0. The molecule has 0 spiro atoms. The monoisotopic (exact) mass is 273 g/mol. The van der Waals surface area contributed by atoms with Gasteiger partial charge in [0, 0.05) is 0 Å². The summed E-state index contributed by atoms with van der Waals surface area (Å²) in [6.07, 6.45) is 5.96. The molecular weight excluding hydrogens is 254 g/mol. The summed E-state index contributed by atoms with van der Waals surface area (Å²) >= 11 is 0. The average molecular weight is 273 g/mol. The second-order valence-corrected chi connectivity index (χ2v) is 5.45. The maximum Gasteiger partial charge on any atom is 0.323 e. The number of carbonyl (C=O) groups is 1. The van der Waals surface area contributed by atoms with Gasteiger partial charge in [-0.25, -0.2) is 0 Å². The first kappa shape index (κ1) is 13.3. The maximum atomic E-state index is 12.0. The van der Waals surface area contributed by atoms with Gasteiger partial charge in [0.15, 0.2) is 0 Å². The van der Waals surface area contributed by atoms with Crippen LogP contribution in [0.4, 0.5) is 0 Å². The summed E-state index contributed by atoms with van der Waals surface area (Å²) in [7, 11) is 0. The molecule has 1 unspecified atom stereocenters. The van der Waals surface area contributed by atoms with Crippen LogP contribution in [0.1, 0.15) is 18.4 Å². The molecule has 0 radical (unpaired) electrons. The van der Waals surface area contributed by atoms with E-state index in [0.29, 0.717) is 0 Å². The molecular formula is C16H19NO3. The van der Waals surface area contributed by atoms with Crippen molar-refractivity contribution in [1.29, 1.82) is 0 Å². The van der Waals surface area contributed by atoms with Gasteiger partial charge in [-0.15, -0.1) is 0 Å². The zero-order valence-electron chi connectivity index (χ0n) is 11.3. The first-order valence-corrected chi connectivity index (χ1v) is 7.02. The van der Waals surface area contributed by atoms with Crippen molar-refractivity contribution in [3.05, 3.63) is 48.0 Å². The minimum Gasteiger partial charge on any atom is -0.460 e. The molecule has 1 saturated heterocycles. The van der Waals surface area contributed by atoms with Crippen molar-refractivity contribution in [3.63, 3.8) is 0 Å². The Labute approximate surface area is 118 Å². The van der Waals surface area contributed by atoms with E-state index >= 15 is 0 Å². The van der Waals surface area contributed by atoms with Gasteiger partial charge in [0.1, 0.15) is 12.6 Å². The first-order chi connectivity index (χ1) is 9.72. The zero-order valence-corrected chi connectivity index (χ0v) is 11.3. The molecule has 106 valence electrons. The lowest BCUT2D eigenvalue weighted by atomic mass is 9.88. The third-order valence-electron chi connectivity index (χ3n) is 3.96. The van der Waals surface area contributed by atoms with Crippen LogP contribution >= 0.6 is 0 Å². The Morgan fingerprint density at radius 2 is 1.90 bits per heavy atom. The highest BCUT2D eigenvalue weighted by Gasteiger charge is 2.37. The average Bonchev–Trinajstić information content (AvgIpc) is 2.83. The van der Waals surface area contributed by atoms with E-state index in [0.717, 1.165) is 18.4 Å². The van der Waals surface area contributed by atoms with Crippen molar-refractivity contribution >= 4 is 5.97 Å². The van der Waals surface area contributed by atoms with Crippen LogP contribution in [0.15, 0.2) is 42.5 Å². The maximum absolute atomic E-state index is 12.0. The van der Waals surface area contributed by atoms with Crippen LogP contribution in [-0.2, 0) is 20.9 Å². The summed E-state index contributed by atoms with van der Waals surface area (Å²) < 4.78 is 11.0. The van der Waals surface area contributed by atoms with Crippen LogP contribution < -0.4 is 5.73 Å². The van der Waals surface area contributed by atoms with Gasteiger partial charge < -0.3 is 15.2 Å². The summed E-state index contributed by atoms with van der Waals surface area (Å²) in [5.74, 6) is -0.183. The van der Waals surface area contributed by atoms with Crippen molar-refractivity contribution in [2.45, 2.75) is 37.7 Å². The molecule has 1 fully saturated rings. The van der Waals surface area contributed by atoms with E-state index in [9.17, 15) is 4.79 Å². The van der Waals surface area contributed by atoms with Crippen LogP contribution in [0.25, 0.3) is 0 Å². The van der Waals surface area contributed by atoms with Gasteiger partial charge in [0.2, 0.25) is 0 Å². The third-order valence-corrected chi connectivity index (χ3v) is 3.96. The largest absolute Gasteiger partial charge is 0.460 e. The highest BCUT2D eigenvalue weighted by Crippen LogP contribution is 2.32. The topological polar surface area (TPSA) is 61.6 Å². The summed E-state index contributed by atoms with van der Waals surface area (Å²) in [6.45, 7) is 0.279. The Hall–Kier alpha value is -1.65. The van der Waals surface area contributed by atoms with E-state index in [2.05, 4.69) is 12.2 Å². The van der Waals surface area contributed by atoms with Crippen LogP contribution in [0.2, 0.25) is 0 Å². The molecule has 2 aliphatic rings. The van der Waals surface area contributed by atoms with E-state index in [1.165, 1.54) is 0 Å². The fourth-order valence-corrected chi connectivity index (χ4v) is 2.83. The van der Waals surface area contributed by atoms with Gasteiger partial charge in [-0.2, -0.15) is 0 Å². The summed E-state index contributed by atoms with van der Waals surface area (Å²) in [5, 5.41) is 0. The van der Waals surface area contributed by atoms with Crippen LogP contribution in [0, 0.1) is 5.92 Å². The molecule has 0 amide bonds. The predicted molar refractivity (Wildman–Crippen MR) is 74.7 cm³/mol. The number of esters is 1. The van der Waals surface area contributed by atoms with Crippen LogP contribution in [-0.4, -0.2) is 24.2 Å². The molecule has 2 heterocycles. The van der Waals surface area contributed by atoms with E-state index in [4.69, 9.17) is 15.2 Å². The number of fused-ring (bicyclic) bond motifs is 2. The molecule has 4 nitrogen and oxygen atoms in total. The van der Waals surface area contributed by atoms with Crippen molar-refractivity contribution in [2.75, 3.05) is 0 Å². The molecule has 3 rings (SSSR count). The lowest BCUT2D eigenvalue weighted by Crippen LogP contribution is -2.44. The molecule has 1 aromatic carbocycles. The van der Waals surface area contributed by atoms with Gasteiger partial charge in [0.25, 0.3) is 0 Å². The first-order valence-electron chi connectivity index (χ1n) is 7.02. The van der Waals surface area contributed by atoms with E-state index in [1.807, 2.05) is 30.3 Å². The molecule has 2 N–H and O–H groups in total. The molecule has 4 heteroatoms. The normalized spacial score (nSPS) is 29.1. The second-order valence-electron chi connectivity index (χ2n) is 5.45. The smallest absolute Gasteiger partial charge is 0.323 e. The third kappa shape index (κ3) is 2.92. The molecule has 0 aliphatic carbocycles. The molecule has 2 aliphatic heterocycles. The van der Waals surface area contributed by atoms with Gasteiger partial charge in [-0.3, -0.25) is 4.79 Å². The Morgan fingerprint density at radius 3 is 2.55 bits per heavy atom. The Balaban J connectivity index is 1.52. The standard InChI is InChI=1S/C16H19NO3/c17-15(12-8-13-6-7-14(9-12)20-13)16(18)19-10-11-4-2-1-3-5-11/h1-7,12-15H,8-10,17H2/t12?,13-,14+,15-/m0/s1. The highest BCUT2D eigenvalue weighted by molar-refractivity contribution is 5.76. The fraction of sp³-hybridized carbons (Fsp3) is 0.438. The molecule has 0 aromatic heterocycles. The predicted octanol–water partition coefficient (Wildman–Crippen LogP) is 1.79. The molecule has 4 atom stereocenters. The van der Waals surface area contributed by atoms with Gasteiger partial charge >= 0.3 is 5.97 Å². The number of nitrogens with two attached hydrogens (primary N) is 1. The molecule has 1 aromatic rings. The van der Waals surface area contributed by atoms with Crippen LogP contribution in [0.5, 0.6) is 0 Å². The summed E-state index contributed by atoms with van der Waals surface area (Å²) in [5.41, 5.74) is 7.02. The number of hydrogen-bond donors (Lipinski definition) is 1. The van der Waals surface area contributed by atoms with Gasteiger partial charge in [-0.1, -0.05) is 42.5 Å². The van der Waals surface area contributed by atoms with Crippen molar-refractivity contribution < 1.29 is 14.3 Å². The summed E-state index contributed by atoms with van der Waals surface area (Å²) in [6, 6.07) is 9.07. The van der Waals surface area contributed by atoms with Gasteiger partial charge in [0.05, 0.1) is 12.2 Å². The van der Waals surface area contributed by atoms with Crippen molar-refractivity contribution in [1.82, 2.24) is 0 Å². The number of rotatable bonds is 4. The Bertz CT molecular complexity index is 486. The minimum atomic E-state index is -0.562. The second kappa shape index (κ2) is 5.77. The van der Waals surface area contributed by atoms with Crippen molar-refractivity contribution in [3.8, 4) is 0 Å². The van der Waals surface area contributed by atoms with E-state index < -0.39 is 6.04 Å². The number of benzene rings is 1. The Kier molecular flexibility index (Phi) is 3.85. The molecule has 0 saturated carbocycles. The SMILES string of the molecule is N[C@H](C(=O)OCc1ccccc1)C1C[C@H]2C=C[C@@H](C1)O2. The highest BCUT2D eigenvalue weighted by atomic mass is 16.5. The van der Waals surface area contributed by atoms with Crippen LogP contribution in [0.3, 0.4) is 0 Å². The quantitative estimate of drug-likeness (QED) is 0.671. The van der Waals surface area contributed by atoms with Gasteiger partial charge in [-0.05, 0) is 24.3 Å². The molecule has 2 bridgehead atoms. The number of carbonyl (C=O) groups excluding carboxylic acids is 1. The van der Waals surface area contributed by atoms with E-state index in [-0.39, 0.29) is 30.7 Å². The minimum absolute atomic E-state index is 0.117. The fourth-order valence-electron chi connectivity index (χ4n) is 2.83. The number of hydrogen-bond acceptors (Lipinski definition) is 4. The van der Waals surface area contributed by atoms with E-state index in [1.54, 1.807) is 0 Å². The van der Waals surface area contributed by atoms with Crippen molar-refractivity contribution in [2.24, 2.45) is 11.7 Å². The lowest BCUT2D eigenvalue weighted by Gasteiger charge is -2.31. The zero-order chi connectivity index (χ0) is 13.9.